The topological polar surface area (TPSA) is 29.5 Å². The molecule has 3 nitrogen and oxygen atoms in total. The summed E-state index contributed by atoms with van der Waals surface area (Å²) in [6.07, 6.45) is -2.77. The number of hydrogen-bond donors (Lipinski definition) is 0. The number of carbonyl (C=O) groups is 1. The van der Waals surface area contributed by atoms with Crippen molar-refractivity contribution >= 4 is 5.97 Å². The highest BCUT2D eigenvalue weighted by molar-refractivity contribution is 5.78. The minimum Gasteiger partial charge on any atom is -0.469 e. The van der Waals surface area contributed by atoms with E-state index in [1.54, 1.807) is 30.3 Å². The van der Waals surface area contributed by atoms with Gasteiger partial charge in [0.1, 0.15) is 0 Å². The van der Waals surface area contributed by atoms with Gasteiger partial charge in [0.25, 0.3) is 0 Å². The summed E-state index contributed by atoms with van der Waals surface area (Å²) < 4.78 is 42.8. The molecule has 0 radical (unpaired) electrons. The number of carbonyl (C=O) groups excluding carboxylic acids is 1. The Hall–Kier alpha value is -1.56. The van der Waals surface area contributed by atoms with Gasteiger partial charge in [-0.25, -0.2) is 0 Å². The molecular formula is C15H18F3NO2. The molecule has 0 amide bonds. The standard InChI is InChI=1S/C15H18F3NO2/c1-21-14(20)13(11-5-3-2-4-6-11)9-19(12-7-8-12)10-15(16,17)18/h2-6,12-13H,7-10H2,1H3. The maximum Gasteiger partial charge on any atom is 0.401 e. The Morgan fingerprint density at radius 1 is 1.33 bits per heavy atom. The molecule has 0 bridgehead atoms. The number of esters is 1. The van der Waals surface area contributed by atoms with Gasteiger partial charge in [-0.2, -0.15) is 13.2 Å². The zero-order valence-electron chi connectivity index (χ0n) is 11.8. The molecule has 116 valence electrons. The number of hydrogen-bond acceptors (Lipinski definition) is 3. The Balaban J connectivity index is 2.15. The van der Waals surface area contributed by atoms with Crippen molar-refractivity contribution in [3.05, 3.63) is 35.9 Å². The van der Waals surface area contributed by atoms with Crippen LogP contribution < -0.4 is 0 Å². The van der Waals surface area contributed by atoms with Gasteiger partial charge in [0.05, 0.1) is 19.6 Å². The molecule has 21 heavy (non-hydrogen) atoms. The van der Waals surface area contributed by atoms with E-state index in [4.69, 9.17) is 4.74 Å². The van der Waals surface area contributed by atoms with Gasteiger partial charge in [-0.1, -0.05) is 30.3 Å². The third kappa shape index (κ3) is 4.74. The van der Waals surface area contributed by atoms with Crippen LogP contribution >= 0.6 is 0 Å². The molecule has 1 saturated carbocycles. The Labute approximate surface area is 121 Å². The first kappa shape index (κ1) is 15.8. The van der Waals surface area contributed by atoms with Crippen LogP contribution in [0.4, 0.5) is 13.2 Å². The van der Waals surface area contributed by atoms with Crippen LogP contribution in [0, 0.1) is 0 Å². The Kier molecular flexibility index (Phi) is 4.88. The fraction of sp³-hybridized carbons (Fsp3) is 0.533. The highest BCUT2D eigenvalue weighted by Gasteiger charge is 2.40. The van der Waals surface area contributed by atoms with Crippen LogP contribution in [-0.2, 0) is 9.53 Å². The first-order valence-corrected chi connectivity index (χ1v) is 6.84. The average Bonchev–Trinajstić information content (AvgIpc) is 3.27. The van der Waals surface area contributed by atoms with E-state index in [0.717, 1.165) is 12.8 Å². The lowest BCUT2D eigenvalue weighted by atomic mass is 9.98. The van der Waals surface area contributed by atoms with Gasteiger partial charge in [0, 0.05) is 12.6 Å². The van der Waals surface area contributed by atoms with E-state index in [9.17, 15) is 18.0 Å². The van der Waals surface area contributed by atoms with Crippen LogP contribution in [0.5, 0.6) is 0 Å². The highest BCUT2D eigenvalue weighted by Crippen LogP contribution is 2.32. The number of methoxy groups -OCH3 is 1. The summed E-state index contributed by atoms with van der Waals surface area (Å²) in [5.74, 6) is -1.20. The summed E-state index contributed by atoms with van der Waals surface area (Å²) in [6.45, 7) is -0.959. The van der Waals surface area contributed by atoms with E-state index < -0.39 is 24.6 Å². The van der Waals surface area contributed by atoms with Crippen molar-refractivity contribution in [2.24, 2.45) is 0 Å². The molecule has 0 N–H and O–H groups in total. The number of halogens is 3. The molecule has 1 unspecified atom stereocenters. The molecular weight excluding hydrogens is 283 g/mol. The molecule has 0 heterocycles. The quantitative estimate of drug-likeness (QED) is 0.757. The predicted molar refractivity (Wildman–Crippen MR) is 71.8 cm³/mol. The van der Waals surface area contributed by atoms with Crippen LogP contribution in [0.3, 0.4) is 0 Å². The van der Waals surface area contributed by atoms with Crippen molar-refractivity contribution in [2.45, 2.75) is 31.0 Å². The number of alkyl halides is 3. The molecule has 1 aromatic rings. The molecule has 2 rings (SSSR count). The summed E-state index contributed by atoms with van der Waals surface area (Å²) in [7, 11) is 1.25. The molecule has 0 aliphatic heterocycles. The molecule has 0 aromatic heterocycles. The minimum atomic E-state index is -4.26. The molecule has 1 aliphatic rings. The van der Waals surface area contributed by atoms with Crippen LogP contribution in [0.25, 0.3) is 0 Å². The number of nitrogens with zero attached hydrogens (tertiary/aromatic N) is 1. The van der Waals surface area contributed by atoms with Crippen LogP contribution in [0.15, 0.2) is 30.3 Å². The van der Waals surface area contributed by atoms with Crippen LogP contribution in [0.1, 0.15) is 24.3 Å². The van der Waals surface area contributed by atoms with E-state index in [1.807, 2.05) is 0 Å². The first-order valence-electron chi connectivity index (χ1n) is 6.84. The maximum absolute atomic E-state index is 12.7. The van der Waals surface area contributed by atoms with E-state index in [2.05, 4.69) is 0 Å². The Morgan fingerprint density at radius 3 is 2.43 bits per heavy atom. The SMILES string of the molecule is COC(=O)C(CN(CC(F)(F)F)C1CC1)c1ccccc1. The lowest BCUT2D eigenvalue weighted by Crippen LogP contribution is -2.40. The van der Waals surface area contributed by atoms with Gasteiger partial charge < -0.3 is 4.74 Å². The van der Waals surface area contributed by atoms with Gasteiger partial charge in [-0.3, -0.25) is 9.69 Å². The van der Waals surface area contributed by atoms with E-state index >= 15 is 0 Å². The summed E-state index contributed by atoms with van der Waals surface area (Å²) in [5.41, 5.74) is 0.678. The predicted octanol–water partition coefficient (Wildman–Crippen LogP) is 2.97. The first-order chi connectivity index (χ1) is 9.90. The fourth-order valence-electron chi connectivity index (χ4n) is 2.39. The zero-order valence-corrected chi connectivity index (χ0v) is 11.8. The van der Waals surface area contributed by atoms with Crippen molar-refractivity contribution in [3.8, 4) is 0 Å². The van der Waals surface area contributed by atoms with Crippen LogP contribution in [0.2, 0.25) is 0 Å². The maximum atomic E-state index is 12.7. The normalized spacial score (nSPS) is 16.8. The zero-order chi connectivity index (χ0) is 15.5. The smallest absolute Gasteiger partial charge is 0.401 e. The third-order valence-corrected chi connectivity index (χ3v) is 3.55. The van der Waals surface area contributed by atoms with Crippen LogP contribution in [-0.4, -0.2) is 43.3 Å². The minimum absolute atomic E-state index is 0.0286. The Bertz CT molecular complexity index is 472. The van der Waals surface area contributed by atoms with Crippen molar-refractivity contribution in [1.29, 1.82) is 0 Å². The number of benzene rings is 1. The van der Waals surface area contributed by atoms with Gasteiger partial charge >= 0.3 is 12.1 Å². The largest absolute Gasteiger partial charge is 0.469 e. The monoisotopic (exact) mass is 301 g/mol. The summed E-state index contributed by atoms with van der Waals surface area (Å²) >= 11 is 0. The number of rotatable bonds is 6. The molecule has 0 saturated heterocycles. The van der Waals surface area contributed by atoms with Crippen molar-refractivity contribution in [1.82, 2.24) is 4.90 Å². The summed E-state index contributed by atoms with van der Waals surface area (Å²) in [6, 6.07) is 8.71. The number of ether oxygens (including phenoxy) is 1. The van der Waals surface area contributed by atoms with Gasteiger partial charge in [-0.15, -0.1) is 0 Å². The molecule has 1 atom stereocenters. The molecule has 6 heteroatoms. The molecule has 1 aromatic carbocycles. The average molecular weight is 301 g/mol. The van der Waals surface area contributed by atoms with E-state index in [-0.39, 0.29) is 12.6 Å². The summed E-state index contributed by atoms with van der Waals surface area (Å²) in [4.78, 5) is 13.3. The van der Waals surface area contributed by atoms with Crippen molar-refractivity contribution < 1.29 is 22.7 Å². The Morgan fingerprint density at radius 2 is 1.95 bits per heavy atom. The van der Waals surface area contributed by atoms with E-state index in [1.165, 1.54) is 12.0 Å². The van der Waals surface area contributed by atoms with Gasteiger partial charge in [0.2, 0.25) is 0 Å². The molecule has 1 fully saturated rings. The summed E-state index contributed by atoms with van der Waals surface area (Å²) in [5, 5.41) is 0. The lowest BCUT2D eigenvalue weighted by molar-refractivity contribution is -0.153. The fourth-order valence-corrected chi connectivity index (χ4v) is 2.39. The van der Waals surface area contributed by atoms with Gasteiger partial charge in [-0.05, 0) is 18.4 Å². The van der Waals surface area contributed by atoms with Gasteiger partial charge in [0.15, 0.2) is 0 Å². The second-order valence-corrected chi connectivity index (χ2v) is 5.26. The van der Waals surface area contributed by atoms with Crippen molar-refractivity contribution in [3.63, 3.8) is 0 Å². The second-order valence-electron chi connectivity index (χ2n) is 5.26. The lowest BCUT2D eigenvalue weighted by Gasteiger charge is -2.27. The third-order valence-electron chi connectivity index (χ3n) is 3.55. The molecule has 1 aliphatic carbocycles. The van der Waals surface area contributed by atoms with Crippen molar-refractivity contribution in [2.75, 3.05) is 20.2 Å². The second kappa shape index (κ2) is 6.47. The molecule has 0 spiro atoms. The van der Waals surface area contributed by atoms with E-state index in [0.29, 0.717) is 5.56 Å². The highest BCUT2D eigenvalue weighted by atomic mass is 19.4.